The van der Waals surface area contributed by atoms with Crippen LogP contribution >= 0.6 is 11.3 Å². The molecule has 144 valence electrons. The van der Waals surface area contributed by atoms with Crippen LogP contribution in [0.15, 0.2) is 53.9 Å². The molecule has 0 fully saturated rings. The number of benzene rings is 2. The average Bonchev–Trinajstić information content (AvgIpc) is 3.21. The number of ether oxygens (including phenoxy) is 1. The number of nitrogens with one attached hydrogen (secondary N) is 3. The minimum absolute atomic E-state index is 0.0122. The summed E-state index contributed by atoms with van der Waals surface area (Å²) in [4.78, 5) is 28.4. The lowest BCUT2D eigenvalue weighted by atomic mass is 10.2. The maximum absolute atomic E-state index is 12.2. The van der Waals surface area contributed by atoms with Crippen molar-refractivity contribution in [1.82, 2.24) is 15.8 Å². The van der Waals surface area contributed by atoms with Gasteiger partial charge in [-0.15, -0.1) is 11.3 Å². The number of hydrazine groups is 1. The Bertz CT molecular complexity index is 952. The van der Waals surface area contributed by atoms with Crippen LogP contribution in [-0.4, -0.2) is 30.5 Å². The van der Waals surface area contributed by atoms with Gasteiger partial charge in [-0.2, -0.15) is 0 Å². The zero-order valence-corrected chi connectivity index (χ0v) is 16.3. The largest absolute Gasteiger partial charge is 0.497 e. The first kappa shape index (κ1) is 19.4. The standard InChI is InChI=1S/C20H20N4O3S/c1-13-3-5-14(6-4-13)20-22-17(12-28-20)19(26)24-23-18(25)11-21-15-7-9-16(27-2)10-8-15/h3-10,12,21H,11H2,1-2H3,(H,23,25)(H,24,26). The minimum atomic E-state index is -0.465. The van der Waals surface area contributed by atoms with E-state index in [9.17, 15) is 9.59 Å². The van der Waals surface area contributed by atoms with Crippen LogP contribution in [0.3, 0.4) is 0 Å². The number of aromatic nitrogens is 1. The van der Waals surface area contributed by atoms with Crippen LogP contribution in [0.25, 0.3) is 10.6 Å². The molecule has 28 heavy (non-hydrogen) atoms. The summed E-state index contributed by atoms with van der Waals surface area (Å²) in [5, 5.41) is 5.36. The second-order valence-corrected chi connectivity index (χ2v) is 6.85. The van der Waals surface area contributed by atoms with E-state index in [1.807, 2.05) is 31.2 Å². The first-order valence-corrected chi connectivity index (χ1v) is 9.43. The summed E-state index contributed by atoms with van der Waals surface area (Å²) < 4.78 is 5.08. The van der Waals surface area contributed by atoms with Crippen LogP contribution in [0.5, 0.6) is 5.75 Å². The quantitative estimate of drug-likeness (QED) is 0.557. The molecule has 1 aromatic heterocycles. The van der Waals surface area contributed by atoms with Crippen molar-refractivity contribution in [3.05, 3.63) is 65.2 Å². The van der Waals surface area contributed by atoms with Crippen LogP contribution in [-0.2, 0) is 4.79 Å². The molecule has 0 aliphatic carbocycles. The second-order valence-electron chi connectivity index (χ2n) is 5.99. The number of nitrogens with zero attached hydrogens (tertiary/aromatic N) is 1. The molecule has 0 unspecified atom stereocenters. The molecular weight excluding hydrogens is 376 g/mol. The van der Waals surface area contributed by atoms with Crippen molar-refractivity contribution >= 4 is 28.8 Å². The molecule has 0 aliphatic heterocycles. The normalized spacial score (nSPS) is 10.2. The van der Waals surface area contributed by atoms with Crippen molar-refractivity contribution in [2.45, 2.75) is 6.92 Å². The lowest BCUT2D eigenvalue weighted by Crippen LogP contribution is -2.44. The third kappa shape index (κ3) is 5.08. The van der Waals surface area contributed by atoms with Gasteiger partial charge < -0.3 is 10.1 Å². The predicted molar refractivity (Wildman–Crippen MR) is 109 cm³/mol. The number of carbonyl (C=O) groups excluding carboxylic acids is 2. The lowest BCUT2D eigenvalue weighted by molar-refractivity contribution is -0.120. The van der Waals surface area contributed by atoms with Gasteiger partial charge in [-0.05, 0) is 31.2 Å². The fraction of sp³-hybridized carbons (Fsp3) is 0.150. The molecule has 3 aromatic rings. The van der Waals surface area contributed by atoms with E-state index < -0.39 is 5.91 Å². The lowest BCUT2D eigenvalue weighted by Gasteiger charge is -2.08. The average molecular weight is 396 g/mol. The Hall–Kier alpha value is -3.39. The Morgan fingerprint density at radius 1 is 1.04 bits per heavy atom. The topological polar surface area (TPSA) is 92.4 Å². The molecule has 0 spiro atoms. The van der Waals surface area contributed by atoms with Gasteiger partial charge in [0.15, 0.2) is 0 Å². The number of methoxy groups -OCH3 is 1. The van der Waals surface area contributed by atoms with Crippen LogP contribution in [0.2, 0.25) is 0 Å². The number of hydrogen-bond donors (Lipinski definition) is 3. The first-order valence-electron chi connectivity index (χ1n) is 8.55. The fourth-order valence-electron chi connectivity index (χ4n) is 2.33. The Kier molecular flexibility index (Phi) is 6.23. The van der Waals surface area contributed by atoms with Crippen LogP contribution in [0.1, 0.15) is 16.1 Å². The summed E-state index contributed by atoms with van der Waals surface area (Å²) in [6.07, 6.45) is 0. The van der Waals surface area contributed by atoms with Crippen LogP contribution < -0.4 is 20.9 Å². The molecule has 0 saturated carbocycles. The molecule has 8 heteroatoms. The number of anilines is 1. The zero-order valence-electron chi connectivity index (χ0n) is 15.5. The van der Waals surface area contributed by atoms with Gasteiger partial charge in [-0.1, -0.05) is 29.8 Å². The van der Waals surface area contributed by atoms with Crippen molar-refractivity contribution in [1.29, 1.82) is 0 Å². The van der Waals surface area contributed by atoms with E-state index in [4.69, 9.17) is 4.74 Å². The van der Waals surface area contributed by atoms with Gasteiger partial charge >= 0.3 is 0 Å². The molecule has 2 amide bonds. The van der Waals surface area contributed by atoms with E-state index in [0.717, 1.165) is 27.6 Å². The molecular formula is C20H20N4O3S. The number of aryl methyl sites for hydroxylation is 1. The van der Waals surface area contributed by atoms with Crippen molar-refractivity contribution in [3.8, 4) is 16.3 Å². The number of hydrogen-bond acceptors (Lipinski definition) is 6. The maximum atomic E-state index is 12.2. The molecule has 0 bridgehead atoms. The Morgan fingerprint density at radius 3 is 2.43 bits per heavy atom. The smallest absolute Gasteiger partial charge is 0.289 e. The highest BCUT2D eigenvalue weighted by Gasteiger charge is 2.12. The number of rotatable bonds is 6. The fourth-order valence-corrected chi connectivity index (χ4v) is 3.14. The first-order chi connectivity index (χ1) is 13.5. The van der Waals surface area contributed by atoms with E-state index in [1.165, 1.54) is 11.3 Å². The second kappa shape index (κ2) is 9.01. The monoisotopic (exact) mass is 396 g/mol. The Morgan fingerprint density at radius 2 is 1.75 bits per heavy atom. The number of thiazole rings is 1. The number of amides is 2. The van der Waals surface area contributed by atoms with Gasteiger partial charge in [0.2, 0.25) is 0 Å². The SMILES string of the molecule is COc1ccc(NCC(=O)NNC(=O)c2csc(-c3ccc(C)cc3)n2)cc1. The van der Waals surface area contributed by atoms with E-state index in [1.54, 1.807) is 36.8 Å². The zero-order chi connectivity index (χ0) is 19.9. The molecule has 7 nitrogen and oxygen atoms in total. The summed E-state index contributed by atoms with van der Waals surface area (Å²) in [6, 6.07) is 15.1. The molecule has 1 heterocycles. The van der Waals surface area contributed by atoms with E-state index in [-0.39, 0.29) is 18.1 Å². The maximum Gasteiger partial charge on any atom is 0.289 e. The van der Waals surface area contributed by atoms with Gasteiger partial charge in [0, 0.05) is 16.6 Å². The predicted octanol–water partition coefficient (Wildman–Crippen LogP) is 3.00. The minimum Gasteiger partial charge on any atom is -0.497 e. The molecule has 0 aliphatic rings. The van der Waals surface area contributed by atoms with E-state index >= 15 is 0 Å². The van der Waals surface area contributed by atoms with Crippen molar-refractivity contribution in [2.75, 3.05) is 19.0 Å². The summed E-state index contributed by atoms with van der Waals surface area (Å²) in [6.45, 7) is 2.02. The van der Waals surface area contributed by atoms with E-state index in [2.05, 4.69) is 21.2 Å². The molecule has 3 rings (SSSR count). The molecule has 0 atom stereocenters. The highest BCUT2D eigenvalue weighted by Crippen LogP contribution is 2.23. The summed E-state index contributed by atoms with van der Waals surface area (Å²) in [5.74, 6) is -0.110. The third-order valence-electron chi connectivity index (χ3n) is 3.89. The van der Waals surface area contributed by atoms with Gasteiger partial charge in [-0.3, -0.25) is 20.4 Å². The highest BCUT2D eigenvalue weighted by molar-refractivity contribution is 7.13. The highest BCUT2D eigenvalue weighted by atomic mass is 32.1. The van der Waals surface area contributed by atoms with Crippen LogP contribution in [0, 0.1) is 6.92 Å². The van der Waals surface area contributed by atoms with E-state index in [0.29, 0.717) is 0 Å². The van der Waals surface area contributed by atoms with Crippen molar-refractivity contribution in [2.24, 2.45) is 0 Å². The number of carbonyl (C=O) groups is 2. The molecule has 0 radical (unpaired) electrons. The van der Waals surface area contributed by atoms with Crippen molar-refractivity contribution in [3.63, 3.8) is 0 Å². The summed E-state index contributed by atoms with van der Waals surface area (Å²) in [5.41, 5.74) is 7.87. The summed E-state index contributed by atoms with van der Waals surface area (Å²) in [7, 11) is 1.59. The van der Waals surface area contributed by atoms with Gasteiger partial charge in [0.25, 0.3) is 11.8 Å². The molecule has 0 saturated heterocycles. The van der Waals surface area contributed by atoms with Gasteiger partial charge in [0.05, 0.1) is 13.7 Å². The van der Waals surface area contributed by atoms with Gasteiger partial charge in [-0.25, -0.2) is 4.98 Å². The molecule has 3 N–H and O–H groups in total. The third-order valence-corrected chi connectivity index (χ3v) is 4.79. The summed E-state index contributed by atoms with van der Waals surface area (Å²) >= 11 is 1.37. The van der Waals surface area contributed by atoms with Gasteiger partial charge in [0.1, 0.15) is 16.5 Å². The Labute approximate surface area is 166 Å². The van der Waals surface area contributed by atoms with Crippen molar-refractivity contribution < 1.29 is 14.3 Å². The van der Waals surface area contributed by atoms with Crippen LogP contribution in [0.4, 0.5) is 5.69 Å². The Balaban J connectivity index is 1.48. The molecule has 2 aromatic carbocycles.